The molecule has 10 heteroatoms. The van der Waals surface area contributed by atoms with Gasteiger partial charge in [0.2, 0.25) is 0 Å². The zero-order valence-electron chi connectivity index (χ0n) is 19.6. The second-order valence-electron chi connectivity index (χ2n) is 8.62. The quantitative estimate of drug-likeness (QED) is 0.388. The molecule has 0 aliphatic carbocycles. The van der Waals surface area contributed by atoms with Crippen molar-refractivity contribution in [1.82, 2.24) is 19.7 Å². The third-order valence-corrected chi connectivity index (χ3v) is 6.57. The fourth-order valence-electron chi connectivity index (χ4n) is 4.41. The number of carbonyl (C=O) groups is 2. The predicted octanol–water partition coefficient (Wildman–Crippen LogP) is 4.58. The number of rotatable bonds is 6. The number of aliphatic hydroxyl groups excluding tert-OH is 1. The number of amides is 2. The van der Waals surface area contributed by atoms with E-state index in [2.05, 4.69) is 15.4 Å². The SMILES string of the molecule is O=C(Nc1cc(C(=O)N2CCCC2CO)nn1-c1ccccc1)c1cc(-c2ccccn2)c(F)cc1Cl. The standard InChI is InChI=1S/C27H23ClFN5O3/c28-21-14-22(29)20(23-10-4-5-11-30-23)13-19(21)26(36)31-25-15-24(27(37)33-12-6-9-18(33)16-35)32-34(25)17-7-2-1-3-8-17/h1-5,7-8,10-11,13-15,18,35H,6,9,12,16H2,(H,31,36). The van der Waals surface area contributed by atoms with Crippen molar-refractivity contribution in [2.45, 2.75) is 18.9 Å². The number of pyridine rings is 1. The third-order valence-electron chi connectivity index (χ3n) is 6.26. The summed E-state index contributed by atoms with van der Waals surface area (Å²) in [4.78, 5) is 32.3. The minimum Gasteiger partial charge on any atom is -0.394 e. The number of hydrogen-bond donors (Lipinski definition) is 2. The molecule has 2 amide bonds. The van der Waals surface area contributed by atoms with Crippen LogP contribution in [0.1, 0.15) is 33.7 Å². The second-order valence-corrected chi connectivity index (χ2v) is 9.03. The lowest BCUT2D eigenvalue weighted by atomic mass is 10.1. The van der Waals surface area contributed by atoms with Gasteiger partial charge < -0.3 is 15.3 Å². The topological polar surface area (TPSA) is 100 Å². The maximum absolute atomic E-state index is 14.7. The first-order valence-electron chi connectivity index (χ1n) is 11.8. The van der Waals surface area contributed by atoms with E-state index in [-0.39, 0.29) is 46.2 Å². The van der Waals surface area contributed by atoms with Crippen molar-refractivity contribution in [3.63, 3.8) is 0 Å². The summed E-state index contributed by atoms with van der Waals surface area (Å²) in [5, 5.41) is 16.8. The lowest BCUT2D eigenvalue weighted by Crippen LogP contribution is -2.37. The van der Waals surface area contributed by atoms with Crippen molar-refractivity contribution in [2.24, 2.45) is 0 Å². The summed E-state index contributed by atoms with van der Waals surface area (Å²) < 4.78 is 16.1. The van der Waals surface area contributed by atoms with E-state index in [1.54, 1.807) is 35.2 Å². The molecule has 2 N–H and O–H groups in total. The fourth-order valence-corrected chi connectivity index (χ4v) is 4.64. The van der Waals surface area contributed by atoms with Crippen molar-refractivity contribution >= 4 is 29.2 Å². The van der Waals surface area contributed by atoms with Crippen molar-refractivity contribution in [2.75, 3.05) is 18.5 Å². The van der Waals surface area contributed by atoms with Gasteiger partial charge in [-0.3, -0.25) is 14.6 Å². The minimum absolute atomic E-state index is 0.0392. The zero-order chi connectivity index (χ0) is 25.9. The molecule has 0 bridgehead atoms. The number of carbonyl (C=O) groups excluding carboxylic acids is 2. The molecular formula is C27H23ClFN5O3. The average Bonchev–Trinajstić information content (AvgIpc) is 3.56. The molecule has 37 heavy (non-hydrogen) atoms. The summed E-state index contributed by atoms with van der Waals surface area (Å²) in [6, 6.07) is 17.7. The number of para-hydroxylation sites is 1. The molecule has 1 aliphatic rings. The maximum Gasteiger partial charge on any atom is 0.274 e. The molecule has 5 rings (SSSR count). The minimum atomic E-state index is -0.605. The number of anilines is 1. The highest BCUT2D eigenvalue weighted by molar-refractivity contribution is 6.34. The van der Waals surface area contributed by atoms with Gasteiger partial charge in [-0.2, -0.15) is 5.10 Å². The summed E-state index contributed by atoms with van der Waals surface area (Å²) in [5.74, 6) is -1.31. The van der Waals surface area contributed by atoms with Crippen molar-refractivity contribution in [3.05, 3.63) is 95.0 Å². The highest BCUT2D eigenvalue weighted by Gasteiger charge is 2.31. The maximum atomic E-state index is 14.7. The van der Waals surface area contributed by atoms with E-state index < -0.39 is 11.7 Å². The summed E-state index contributed by atoms with van der Waals surface area (Å²) in [7, 11) is 0. The Morgan fingerprint density at radius 1 is 1.11 bits per heavy atom. The van der Waals surface area contributed by atoms with Crippen molar-refractivity contribution in [3.8, 4) is 16.9 Å². The van der Waals surface area contributed by atoms with Crippen LogP contribution in [0.25, 0.3) is 16.9 Å². The molecule has 1 unspecified atom stereocenters. The summed E-state index contributed by atoms with van der Waals surface area (Å²) in [6.45, 7) is 0.391. The van der Waals surface area contributed by atoms with Crippen LogP contribution >= 0.6 is 11.6 Å². The van der Waals surface area contributed by atoms with Crippen molar-refractivity contribution < 1.29 is 19.1 Å². The molecule has 1 fully saturated rings. The van der Waals surface area contributed by atoms with Gasteiger partial charge in [0, 0.05) is 24.4 Å². The molecule has 1 atom stereocenters. The number of benzene rings is 2. The van der Waals surface area contributed by atoms with E-state index in [4.69, 9.17) is 11.6 Å². The van der Waals surface area contributed by atoms with Gasteiger partial charge in [0.15, 0.2) is 5.69 Å². The third kappa shape index (κ3) is 4.96. The molecule has 8 nitrogen and oxygen atoms in total. The first kappa shape index (κ1) is 24.6. The number of hydrogen-bond acceptors (Lipinski definition) is 5. The smallest absolute Gasteiger partial charge is 0.274 e. The Morgan fingerprint density at radius 3 is 2.62 bits per heavy atom. The van der Waals surface area contributed by atoms with Gasteiger partial charge >= 0.3 is 0 Å². The number of halogens is 2. The largest absolute Gasteiger partial charge is 0.394 e. The number of aromatic nitrogens is 3. The van der Waals surface area contributed by atoms with Crippen LogP contribution in [0.2, 0.25) is 5.02 Å². The number of likely N-dealkylation sites (tertiary alicyclic amines) is 1. The Kier molecular flexibility index (Phi) is 6.98. The lowest BCUT2D eigenvalue weighted by Gasteiger charge is -2.21. The molecular weight excluding hydrogens is 497 g/mol. The molecule has 2 aromatic heterocycles. The summed E-state index contributed by atoms with van der Waals surface area (Å²) in [6.07, 6.45) is 3.04. The van der Waals surface area contributed by atoms with Gasteiger partial charge in [0.05, 0.1) is 34.6 Å². The molecule has 0 saturated carbocycles. The Hall–Kier alpha value is -4.08. The summed E-state index contributed by atoms with van der Waals surface area (Å²) >= 11 is 6.25. The van der Waals surface area contributed by atoms with Gasteiger partial charge in [-0.05, 0) is 49.2 Å². The second kappa shape index (κ2) is 10.5. The Bertz CT molecular complexity index is 1450. The highest BCUT2D eigenvalue weighted by Crippen LogP contribution is 2.29. The van der Waals surface area contributed by atoms with Crippen LogP contribution in [0.3, 0.4) is 0 Å². The van der Waals surface area contributed by atoms with Gasteiger partial charge in [-0.15, -0.1) is 0 Å². The molecule has 1 saturated heterocycles. The number of nitrogens with zero attached hydrogens (tertiary/aromatic N) is 4. The van der Waals surface area contributed by atoms with E-state index in [0.29, 0.717) is 24.3 Å². The van der Waals surface area contributed by atoms with E-state index in [9.17, 15) is 19.1 Å². The van der Waals surface area contributed by atoms with E-state index in [0.717, 1.165) is 12.5 Å². The van der Waals surface area contributed by atoms with Crippen LogP contribution in [0.5, 0.6) is 0 Å². The molecule has 1 aliphatic heterocycles. The van der Waals surface area contributed by atoms with Gasteiger partial charge in [0.1, 0.15) is 11.6 Å². The van der Waals surface area contributed by atoms with Crippen LogP contribution in [0.15, 0.2) is 72.9 Å². The Labute approximate surface area is 217 Å². The lowest BCUT2D eigenvalue weighted by molar-refractivity contribution is 0.0671. The number of nitrogens with one attached hydrogen (secondary N) is 1. The van der Waals surface area contributed by atoms with Crippen LogP contribution < -0.4 is 5.32 Å². The van der Waals surface area contributed by atoms with Crippen LogP contribution in [0.4, 0.5) is 10.2 Å². The first-order valence-corrected chi connectivity index (χ1v) is 12.1. The fraction of sp³-hybridized carbons (Fsp3) is 0.185. The Morgan fingerprint density at radius 2 is 1.89 bits per heavy atom. The number of aliphatic hydroxyl groups is 1. The van der Waals surface area contributed by atoms with Gasteiger partial charge in [0.25, 0.3) is 11.8 Å². The Balaban J connectivity index is 1.51. The molecule has 3 heterocycles. The first-order chi connectivity index (χ1) is 18.0. The van der Waals surface area contributed by atoms with E-state index in [1.165, 1.54) is 23.0 Å². The molecule has 0 radical (unpaired) electrons. The van der Waals surface area contributed by atoms with Crippen LogP contribution in [0, 0.1) is 5.82 Å². The van der Waals surface area contributed by atoms with E-state index in [1.807, 2.05) is 18.2 Å². The summed E-state index contributed by atoms with van der Waals surface area (Å²) in [5.41, 5.74) is 1.27. The van der Waals surface area contributed by atoms with Gasteiger partial charge in [-0.25, -0.2) is 9.07 Å². The molecule has 2 aromatic carbocycles. The molecule has 0 spiro atoms. The van der Waals surface area contributed by atoms with Crippen LogP contribution in [-0.2, 0) is 0 Å². The van der Waals surface area contributed by atoms with Crippen LogP contribution in [-0.4, -0.2) is 55.8 Å². The predicted molar refractivity (Wildman–Crippen MR) is 137 cm³/mol. The zero-order valence-corrected chi connectivity index (χ0v) is 20.4. The molecule has 4 aromatic rings. The normalized spacial score (nSPS) is 15.1. The average molecular weight is 520 g/mol. The highest BCUT2D eigenvalue weighted by atomic mass is 35.5. The monoisotopic (exact) mass is 519 g/mol. The van der Waals surface area contributed by atoms with E-state index >= 15 is 0 Å². The van der Waals surface area contributed by atoms with Crippen molar-refractivity contribution in [1.29, 1.82) is 0 Å². The molecule has 188 valence electrons. The van der Waals surface area contributed by atoms with Gasteiger partial charge in [-0.1, -0.05) is 35.9 Å².